The van der Waals surface area contributed by atoms with Crippen molar-refractivity contribution in [2.75, 3.05) is 17.7 Å². The number of aromatic nitrogens is 3. The summed E-state index contributed by atoms with van der Waals surface area (Å²) in [5.41, 5.74) is 8.82. The topological polar surface area (TPSA) is 97.0 Å². The number of anilines is 2. The molecular formula is C19H23N5OS. The van der Waals surface area contributed by atoms with Crippen LogP contribution in [0, 0.1) is 5.92 Å². The normalized spacial score (nSPS) is 19.9. The number of fused-ring (bicyclic) bond motifs is 1. The fraction of sp³-hybridized carbons (Fsp3) is 0.421. The van der Waals surface area contributed by atoms with Crippen molar-refractivity contribution in [3.05, 3.63) is 30.0 Å². The number of rotatable bonds is 5. The van der Waals surface area contributed by atoms with Crippen molar-refractivity contribution in [1.29, 1.82) is 0 Å². The quantitative estimate of drug-likeness (QED) is 0.637. The third-order valence-electron chi connectivity index (χ3n) is 4.98. The Morgan fingerprint density at radius 2 is 2.08 bits per heavy atom. The van der Waals surface area contributed by atoms with Crippen LogP contribution in [0.15, 0.2) is 24.3 Å². The number of nitrogens with one attached hydrogen (secondary N) is 1. The molecule has 2 aromatic heterocycles. The van der Waals surface area contributed by atoms with Gasteiger partial charge in [0.25, 0.3) is 0 Å². The molecule has 7 heteroatoms. The number of aliphatic hydroxyl groups is 1. The first kappa shape index (κ1) is 17.2. The van der Waals surface area contributed by atoms with Gasteiger partial charge in [0.2, 0.25) is 5.95 Å². The predicted octanol–water partition coefficient (Wildman–Crippen LogP) is 3.47. The van der Waals surface area contributed by atoms with Gasteiger partial charge < -0.3 is 16.2 Å². The maximum Gasteiger partial charge on any atom is 0.222 e. The fourth-order valence-electron chi connectivity index (χ4n) is 3.66. The zero-order chi connectivity index (χ0) is 18.1. The van der Waals surface area contributed by atoms with Crippen LogP contribution in [0.2, 0.25) is 0 Å². The molecule has 2 atom stereocenters. The molecule has 1 saturated carbocycles. The first-order chi connectivity index (χ1) is 12.7. The summed E-state index contributed by atoms with van der Waals surface area (Å²) in [7, 11) is 0. The Bertz CT molecular complexity index is 892. The molecule has 6 nitrogen and oxygen atoms in total. The van der Waals surface area contributed by atoms with E-state index in [0.29, 0.717) is 12.0 Å². The van der Waals surface area contributed by atoms with Gasteiger partial charge in [-0.15, -0.1) is 11.3 Å². The summed E-state index contributed by atoms with van der Waals surface area (Å²) in [6.07, 6.45) is 3.76. The van der Waals surface area contributed by atoms with E-state index >= 15 is 0 Å². The number of thiazole rings is 1. The standard InChI is InChI=1S/C19H23N5OS/c1-2-13-16(18-22-14-5-3-4-6-15(14)26-18)17(24-19(20)23-13)21-12-8-7-11(9-12)10-25/h3-6,11-12,25H,2,7-10H2,1H3,(H3,20,21,23,24). The van der Waals surface area contributed by atoms with E-state index in [4.69, 9.17) is 10.7 Å². The molecular weight excluding hydrogens is 346 g/mol. The summed E-state index contributed by atoms with van der Waals surface area (Å²) in [4.78, 5) is 13.8. The van der Waals surface area contributed by atoms with Crippen LogP contribution >= 0.6 is 11.3 Å². The lowest BCUT2D eigenvalue weighted by molar-refractivity contribution is 0.229. The van der Waals surface area contributed by atoms with E-state index in [1.165, 1.54) is 0 Å². The van der Waals surface area contributed by atoms with Crippen LogP contribution in [-0.2, 0) is 6.42 Å². The lowest BCUT2D eigenvalue weighted by Gasteiger charge is -2.18. The van der Waals surface area contributed by atoms with E-state index in [1.807, 2.05) is 18.2 Å². The Balaban J connectivity index is 1.76. The molecule has 1 aliphatic carbocycles. The van der Waals surface area contributed by atoms with Gasteiger partial charge in [0.15, 0.2) is 0 Å². The summed E-state index contributed by atoms with van der Waals surface area (Å²) in [6, 6.07) is 8.42. The summed E-state index contributed by atoms with van der Waals surface area (Å²) in [5, 5.41) is 13.9. The monoisotopic (exact) mass is 369 g/mol. The van der Waals surface area contributed by atoms with Crippen LogP contribution in [0.5, 0.6) is 0 Å². The van der Waals surface area contributed by atoms with Crippen molar-refractivity contribution in [2.24, 2.45) is 5.92 Å². The molecule has 0 saturated heterocycles. The van der Waals surface area contributed by atoms with Crippen LogP contribution in [-0.4, -0.2) is 32.7 Å². The maximum absolute atomic E-state index is 9.41. The molecule has 2 heterocycles. The Morgan fingerprint density at radius 3 is 2.81 bits per heavy atom. The molecule has 0 bridgehead atoms. The fourth-order valence-corrected chi connectivity index (χ4v) is 4.69. The predicted molar refractivity (Wildman–Crippen MR) is 106 cm³/mol. The summed E-state index contributed by atoms with van der Waals surface area (Å²) in [6.45, 7) is 2.31. The molecule has 1 fully saturated rings. The van der Waals surface area contributed by atoms with Gasteiger partial charge in [0.05, 0.1) is 21.5 Å². The molecule has 0 amide bonds. The molecule has 26 heavy (non-hydrogen) atoms. The van der Waals surface area contributed by atoms with E-state index in [-0.39, 0.29) is 12.6 Å². The smallest absolute Gasteiger partial charge is 0.222 e. The second-order valence-electron chi connectivity index (χ2n) is 6.80. The number of para-hydroxylation sites is 1. The minimum Gasteiger partial charge on any atom is -0.396 e. The van der Waals surface area contributed by atoms with E-state index in [0.717, 1.165) is 58.0 Å². The Hall–Kier alpha value is -2.25. The molecule has 0 aliphatic heterocycles. The molecule has 1 aromatic carbocycles. The van der Waals surface area contributed by atoms with E-state index in [1.54, 1.807) is 11.3 Å². The molecule has 2 unspecified atom stereocenters. The number of nitrogen functional groups attached to an aromatic ring is 1. The van der Waals surface area contributed by atoms with Crippen LogP contribution < -0.4 is 11.1 Å². The first-order valence-corrected chi connectivity index (χ1v) is 9.89. The van der Waals surface area contributed by atoms with Crippen LogP contribution in [0.3, 0.4) is 0 Å². The largest absolute Gasteiger partial charge is 0.396 e. The van der Waals surface area contributed by atoms with Gasteiger partial charge >= 0.3 is 0 Å². The highest BCUT2D eigenvalue weighted by molar-refractivity contribution is 7.21. The first-order valence-electron chi connectivity index (χ1n) is 9.07. The maximum atomic E-state index is 9.41. The number of nitrogens with zero attached hydrogens (tertiary/aromatic N) is 3. The Morgan fingerprint density at radius 1 is 1.23 bits per heavy atom. The molecule has 0 spiro atoms. The molecule has 3 aromatic rings. The highest BCUT2D eigenvalue weighted by Gasteiger charge is 2.26. The second kappa shape index (κ2) is 7.17. The molecule has 136 valence electrons. The van der Waals surface area contributed by atoms with Gasteiger partial charge in [-0.1, -0.05) is 19.1 Å². The Labute approximate surface area is 156 Å². The van der Waals surface area contributed by atoms with E-state index in [9.17, 15) is 5.11 Å². The van der Waals surface area contributed by atoms with Gasteiger partial charge in [-0.05, 0) is 43.7 Å². The molecule has 4 N–H and O–H groups in total. The van der Waals surface area contributed by atoms with Crippen molar-refractivity contribution >= 4 is 33.3 Å². The lowest BCUT2D eigenvalue weighted by atomic mass is 10.1. The van der Waals surface area contributed by atoms with Gasteiger partial charge in [0, 0.05) is 12.6 Å². The Kier molecular flexibility index (Phi) is 4.74. The summed E-state index contributed by atoms with van der Waals surface area (Å²) in [5.74, 6) is 1.41. The molecule has 1 aliphatic rings. The third-order valence-corrected chi connectivity index (χ3v) is 6.04. The number of aliphatic hydroxyl groups excluding tert-OH is 1. The molecule has 0 radical (unpaired) electrons. The second-order valence-corrected chi connectivity index (χ2v) is 7.83. The highest BCUT2D eigenvalue weighted by Crippen LogP contribution is 2.37. The van der Waals surface area contributed by atoms with Gasteiger partial charge in [-0.25, -0.2) is 9.97 Å². The van der Waals surface area contributed by atoms with E-state index < -0.39 is 0 Å². The minimum absolute atomic E-state index is 0.245. The zero-order valence-electron chi connectivity index (χ0n) is 14.8. The number of nitrogens with two attached hydrogens (primary N) is 1. The lowest BCUT2D eigenvalue weighted by Crippen LogP contribution is -2.19. The van der Waals surface area contributed by atoms with Crippen molar-refractivity contribution in [3.63, 3.8) is 0 Å². The van der Waals surface area contributed by atoms with Crippen molar-refractivity contribution in [3.8, 4) is 10.6 Å². The molecule has 4 rings (SSSR count). The number of benzene rings is 1. The van der Waals surface area contributed by atoms with Crippen LogP contribution in [0.4, 0.5) is 11.8 Å². The minimum atomic E-state index is 0.245. The van der Waals surface area contributed by atoms with Crippen LogP contribution in [0.1, 0.15) is 31.9 Å². The number of hydrogen-bond donors (Lipinski definition) is 3. The van der Waals surface area contributed by atoms with E-state index in [2.05, 4.69) is 28.3 Å². The third kappa shape index (κ3) is 3.24. The van der Waals surface area contributed by atoms with Gasteiger partial charge in [0.1, 0.15) is 10.8 Å². The van der Waals surface area contributed by atoms with Crippen molar-refractivity contribution in [2.45, 2.75) is 38.6 Å². The zero-order valence-corrected chi connectivity index (χ0v) is 15.6. The van der Waals surface area contributed by atoms with Crippen LogP contribution in [0.25, 0.3) is 20.8 Å². The SMILES string of the molecule is CCc1nc(N)nc(NC2CCC(CO)C2)c1-c1nc2ccccc2s1. The number of aryl methyl sites for hydroxylation is 1. The summed E-state index contributed by atoms with van der Waals surface area (Å²) < 4.78 is 1.15. The average Bonchev–Trinajstić information content (AvgIpc) is 3.27. The highest BCUT2D eigenvalue weighted by atomic mass is 32.1. The van der Waals surface area contributed by atoms with Gasteiger partial charge in [-0.3, -0.25) is 0 Å². The summed E-state index contributed by atoms with van der Waals surface area (Å²) >= 11 is 1.65. The average molecular weight is 369 g/mol. The van der Waals surface area contributed by atoms with Crippen molar-refractivity contribution < 1.29 is 5.11 Å². The van der Waals surface area contributed by atoms with Gasteiger partial charge in [-0.2, -0.15) is 4.98 Å². The van der Waals surface area contributed by atoms with Crippen molar-refractivity contribution in [1.82, 2.24) is 15.0 Å². The number of hydrogen-bond acceptors (Lipinski definition) is 7.